The Morgan fingerprint density at radius 1 is 1.11 bits per heavy atom. The van der Waals surface area contributed by atoms with E-state index in [4.69, 9.17) is 30.8 Å². The highest BCUT2D eigenvalue weighted by molar-refractivity contribution is 9.10. The molecule has 1 atom stereocenters. The van der Waals surface area contributed by atoms with Gasteiger partial charge in [-0.3, -0.25) is 4.79 Å². The first-order valence-electron chi connectivity index (χ1n) is 11.7. The molecule has 0 aliphatic heterocycles. The van der Waals surface area contributed by atoms with Crippen LogP contribution in [0.1, 0.15) is 43.1 Å². The van der Waals surface area contributed by atoms with E-state index in [1.807, 2.05) is 50.2 Å². The molecular weight excluding hydrogens is 558 g/mol. The summed E-state index contributed by atoms with van der Waals surface area (Å²) in [6.07, 6.45) is 2.39. The van der Waals surface area contributed by atoms with Crippen molar-refractivity contribution in [3.63, 3.8) is 0 Å². The number of fused-ring (bicyclic) bond motifs is 1. The molecule has 37 heavy (non-hydrogen) atoms. The van der Waals surface area contributed by atoms with Gasteiger partial charge in [-0.05, 0) is 42.8 Å². The maximum absolute atomic E-state index is 13.4. The van der Waals surface area contributed by atoms with Crippen LogP contribution in [0.4, 0.5) is 0 Å². The van der Waals surface area contributed by atoms with Crippen molar-refractivity contribution < 1.29 is 14.2 Å². The Kier molecular flexibility index (Phi) is 8.51. The number of ether oxygens (including phenoxy) is 3. The SMILES string of the molecule is CC[C@H](C)c1nc2ccc(Br)cc2c(=O)n1N=Cc1cc(OC)c(OCc2ccccc2Cl)c(OC)c1. The normalized spacial score (nSPS) is 12.2. The molecule has 1 aromatic heterocycles. The van der Waals surface area contributed by atoms with E-state index in [9.17, 15) is 4.79 Å². The van der Waals surface area contributed by atoms with Crippen LogP contribution in [0, 0.1) is 0 Å². The largest absolute Gasteiger partial charge is 0.493 e. The maximum atomic E-state index is 13.4. The van der Waals surface area contributed by atoms with E-state index in [2.05, 4.69) is 21.0 Å². The molecule has 0 unspecified atom stereocenters. The van der Waals surface area contributed by atoms with Crippen LogP contribution >= 0.6 is 27.5 Å². The molecule has 0 amide bonds. The van der Waals surface area contributed by atoms with Crippen molar-refractivity contribution in [3.8, 4) is 17.2 Å². The summed E-state index contributed by atoms with van der Waals surface area (Å²) >= 11 is 9.71. The topological polar surface area (TPSA) is 74.9 Å². The van der Waals surface area contributed by atoms with Gasteiger partial charge in [-0.1, -0.05) is 59.6 Å². The fourth-order valence-electron chi connectivity index (χ4n) is 3.79. The highest BCUT2D eigenvalue weighted by atomic mass is 79.9. The van der Waals surface area contributed by atoms with Crippen LogP contribution in [-0.2, 0) is 6.61 Å². The number of rotatable bonds is 9. The van der Waals surface area contributed by atoms with Gasteiger partial charge in [0.25, 0.3) is 5.56 Å². The highest BCUT2D eigenvalue weighted by Crippen LogP contribution is 2.39. The lowest BCUT2D eigenvalue weighted by atomic mass is 10.1. The molecule has 4 rings (SSSR count). The average molecular weight is 585 g/mol. The van der Waals surface area contributed by atoms with Crippen molar-refractivity contribution in [2.75, 3.05) is 14.2 Å². The Bertz CT molecular complexity index is 1490. The molecule has 1 heterocycles. The zero-order chi connectivity index (χ0) is 26.5. The number of nitrogens with zero attached hydrogens (tertiary/aromatic N) is 3. The highest BCUT2D eigenvalue weighted by Gasteiger charge is 2.17. The van der Waals surface area contributed by atoms with Gasteiger partial charge >= 0.3 is 0 Å². The number of methoxy groups -OCH3 is 2. The van der Waals surface area contributed by atoms with Gasteiger partial charge in [0.1, 0.15) is 12.4 Å². The lowest BCUT2D eigenvalue weighted by Crippen LogP contribution is -2.23. The molecule has 0 aliphatic rings. The summed E-state index contributed by atoms with van der Waals surface area (Å²) in [5.41, 5.74) is 1.90. The smallest absolute Gasteiger partial charge is 0.282 e. The summed E-state index contributed by atoms with van der Waals surface area (Å²) < 4.78 is 19.4. The predicted molar refractivity (Wildman–Crippen MR) is 151 cm³/mol. The second kappa shape index (κ2) is 11.8. The Morgan fingerprint density at radius 2 is 1.81 bits per heavy atom. The Labute approximate surface area is 228 Å². The lowest BCUT2D eigenvalue weighted by molar-refractivity contribution is 0.266. The molecule has 0 aliphatic carbocycles. The number of halogens is 2. The van der Waals surface area contributed by atoms with Crippen molar-refractivity contribution in [3.05, 3.63) is 91.4 Å². The van der Waals surface area contributed by atoms with E-state index in [1.54, 1.807) is 38.6 Å². The molecule has 0 N–H and O–H groups in total. The minimum absolute atomic E-state index is 0.0301. The van der Waals surface area contributed by atoms with Gasteiger partial charge in [0.05, 0.1) is 31.3 Å². The second-order valence-corrected chi connectivity index (χ2v) is 9.76. The molecule has 9 heteroatoms. The van der Waals surface area contributed by atoms with Crippen LogP contribution in [-0.4, -0.2) is 30.1 Å². The van der Waals surface area contributed by atoms with E-state index in [0.29, 0.717) is 44.6 Å². The molecule has 0 spiro atoms. The number of aromatic nitrogens is 2. The van der Waals surface area contributed by atoms with Crippen molar-refractivity contribution in [1.29, 1.82) is 0 Å². The number of benzene rings is 3. The predicted octanol–water partition coefficient (Wildman–Crippen LogP) is 6.80. The summed E-state index contributed by atoms with van der Waals surface area (Å²) in [6.45, 7) is 4.31. The summed E-state index contributed by atoms with van der Waals surface area (Å²) in [5.74, 6) is 1.99. The first kappa shape index (κ1) is 26.7. The third-order valence-corrected chi connectivity index (χ3v) is 6.88. The lowest BCUT2D eigenvalue weighted by Gasteiger charge is -2.16. The van der Waals surface area contributed by atoms with Crippen LogP contribution in [0.25, 0.3) is 10.9 Å². The standard InChI is InChI=1S/C28H27BrClN3O4/c1-5-17(2)27-32-23-11-10-20(29)14-21(23)28(34)33(27)31-15-18-12-24(35-3)26(25(13-18)36-4)37-16-19-8-6-7-9-22(19)30/h6-15,17H,5,16H2,1-4H3/t17-/m0/s1. The van der Waals surface area contributed by atoms with Gasteiger partial charge in [0.2, 0.25) is 5.75 Å². The quantitative estimate of drug-likeness (QED) is 0.202. The van der Waals surface area contributed by atoms with E-state index >= 15 is 0 Å². The van der Waals surface area contributed by atoms with Crippen LogP contribution < -0.4 is 19.8 Å². The molecule has 192 valence electrons. The van der Waals surface area contributed by atoms with Gasteiger partial charge in [-0.15, -0.1) is 0 Å². The van der Waals surface area contributed by atoms with Crippen LogP contribution in [0.3, 0.4) is 0 Å². The van der Waals surface area contributed by atoms with E-state index < -0.39 is 0 Å². The molecule has 0 saturated heterocycles. The summed E-state index contributed by atoms with van der Waals surface area (Å²) in [4.78, 5) is 18.1. The number of hydrogen-bond donors (Lipinski definition) is 0. The molecule has 3 aromatic carbocycles. The van der Waals surface area contributed by atoms with Crippen molar-refractivity contribution in [2.45, 2.75) is 32.8 Å². The minimum atomic E-state index is -0.239. The fourth-order valence-corrected chi connectivity index (χ4v) is 4.34. The van der Waals surface area contributed by atoms with Gasteiger partial charge < -0.3 is 14.2 Å². The van der Waals surface area contributed by atoms with Gasteiger partial charge in [0.15, 0.2) is 11.5 Å². The van der Waals surface area contributed by atoms with Gasteiger partial charge in [-0.2, -0.15) is 9.78 Å². The third kappa shape index (κ3) is 5.81. The monoisotopic (exact) mass is 583 g/mol. The first-order valence-corrected chi connectivity index (χ1v) is 12.9. The minimum Gasteiger partial charge on any atom is -0.493 e. The zero-order valence-electron chi connectivity index (χ0n) is 21.0. The average Bonchev–Trinajstić information content (AvgIpc) is 2.91. The van der Waals surface area contributed by atoms with Crippen molar-refractivity contribution >= 4 is 44.6 Å². The Morgan fingerprint density at radius 3 is 2.46 bits per heavy atom. The molecule has 7 nitrogen and oxygen atoms in total. The summed E-state index contributed by atoms with van der Waals surface area (Å²) in [7, 11) is 3.10. The fraction of sp³-hybridized carbons (Fsp3) is 0.250. The Hall–Kier alpha value is -3.36. The molecule has 0 bridgehead atoms. The van der Waals surface area contributed by atoms with Gasteiger partial charge in [-0.25, -0.2) is 4.98 Å². The van der Waals surface area contributed by atoms with Gasteiger partial charge in [0, 0.05) is 26.5 Å². The molecule has 0 fully saturated rings. The summed E-state index contributed by atoms with van der Waals surface area (Å²) in [6, 6.07) is 16.5. The Balaban J connectivity index is 1.74. The molecule has 0 radical (unpaired) electrons. The van der Waals surface area contributed by atoms with Crippen LogP contribution in [0.5, 0.6) is 17.2 Å². The van der Waals surface area contributed by atoms with Crippen molar-refractivity contribution in [1.82, 2.24) is 9.66 Å². The van der Waals surface area contributed by atoms with E-state index in [0.717, 1.165) is 16.5 Å². The van der Waals surface area contributed by atoms with E-state index in [1.165, 1.54) is 4.68 Å². The third-order valence-electron chi connectivity index (χ3n) is 6.02. The van der Waals surface area contributed by atoms with E-state index in [-0.39, 0.29) is 18.1 Å². The molecule has 4 aromatic rings. The number of hydrogen-bond acceptors (Lipinski definition) is 6. The summed E-state index contributed by atoms with van der Waals surface area (Å²) in [5, 5.41) is 5.64. The van der Waals surface area contributed by atoms with Crippen molar-refractivity contribution in [2.24, 2.45) is 5.10 Å². The van der Waals surface area contributed by atoms with Crippen LogP contribution in [0.15, 0.2) is 69.0 Å². The maximum Gasteiger partial charge on any atom is 0.282 e. The first-order chi connectivity index (χ1) is 17.9. The molecule has 0 saturated carbocycles. The molecular formula is C28H27BrClN3O4. The zero-order valence-corrected chi connectivity index (χ0v) is 23.3. The second-order valence-electron chi connectivity index (χ2n) is 8.44. The van der Waals surface area contributed by atoms with Crippen LogP contribution in [0.2, 0.25) is 5.02 Å².